The van der Waals surface area contributed by atoms with Gasteiger partial charge in [0.05, 0.1) is 28.7 Å². The van der Waals surface area contributed by atoms with Crippen LogP contribution in [0, 0.1) is 0 Å². The molecule has 1 aliphatic carbocycles. The molecule has 1 aromatic heterocycles. The molecule has 5 rings (SSSR count). The smallest absolute Gasteiger partial charge is 0.394 e. The minimum Gasteiger partial charge on any atom is -0.394 e. The molecule has 2 fully saturated rings. The maximum absolute atomic E-state index is 14.7. The van der Waals surface area contributed by atoms with Crippen molar-refractivity contribution < 1.29 is 31.3 Å². The molecule has 0 amide bonds. The number of halogens is 5. The van der Waals surface area contributed by atoms with Crippen molar-refractivity contribution in [2.45, 2.75) is 64.8 Å². The highest BCUT2D eigenvalue weighted by molar-refractivity contribution is 8.00. The number of nitrogens with zero attached hydrogens (tertiary/aromatic N) is 3. The van der Waals surface area contributed by atoms with Crippen LogP contribution < -0.4 is 10.2 Å². The van der Waals surface area contributed by atoms with Gasteiger partial charge < -0.3 is 15.3 Å². The summed E-state index contributed by atoms with van der Waals surface area (Å²) in [5.74, 6) is -3.85. The quantitative estimate of drug-likeness (QED) is 0.388. The Bertz CT molecular complexity index is 1140. The second kappa shape index (κ2) is 9.39. The van der Waals surface area contributed by atoms with Gasteiger partial charge in [0.2, 0.25) is 5.95 Å². The number of alkyl halides is 5. The average molecular weight is 549 g/mol. The summed E-state index contributed by atoms with van der Waals surface area (Å²) in [5.41, 5.74) is -4.60. The summed E-state index contributed by atoms with van der Waals surface area (Å²) in [6, 6.07) is 6.32. The summed E-state index contributed by atoms with van der Waals surface area (Å²) >= 11 is -0.154. The number of aliphatic hydroxyl groups excluding tert-OH is 1. The molecule has 0 bridgehead atoms. The lowest BCUT2D eigenvalue weighted by molar-refractivity contribution is -0.0328. The standard InChI is InChI=1S/C23H25F5N4O2S2/c24-22(25)13-36(34)17-18(22)29-20(30-19(17)31-21(12-33)8-1-9-21)32-10-6-15(7-11-32)14-2-4-16(5-3-14)35-23(26,27)28/h2-5,15,33H,1,6-13H2,(H,29,30,31)/t36-/m1/s1. The number of hydrogen-bond acceptors (Lipinski definition) is 7. The molecule has 0 unspecified atom stereocenters. The zero-order valence-electron chi connectivity index (χ0n) is 19.2. The Kier molecular flexibility index (Phi) is 6.69. The summed E-state index contributed by atoms with van der Waals surface area (Å²) in [4.78, 5) is 10.5. The minimum absolute atomic E-state index is 0.0878. The van der Waals surface area contributed by atoms with E-state index in [9.17, 15) is 31.3 Å². The maximum Gasteiger partial charge on any atom is 0.446 e. The van der Waals surface area contributed by atoms with E-state index in [1.807, 2.05) is 0 Å². The molecule has 13 heteroatoms. The number of fused-ring (bicyclic) bond motifs is 1. The molecule has 0 radical (unpaired) electrons. The Labute approximate surface area is 211 Å². The second-order valence-electron chi connectivity index (χ2n) is 9.54. The van der Waals surface area contributed by atoms with Gasteiger partial charge in [-0.15, -0.1) is 0 Å². The number of aliphatic hydroxyl groups is 1. The van der Waals surface area contributed by atoms with Crippen molar-refractivity contribution in [2.75, 3.05) is 35.7 Å². The molecule has 0 spiro atoms. The summed E-state index contributed by atoms with van der Waals surface area (Å²) in [7, 11) is -1.96. The minimum atomic E-state index is -4.34. The number of thioether (sulfide) groups is 1. The first kappa shape index (κ1) is 25.7. The molecule has 36 heavy (non-hydrogen) atoms. The van der Waals surface area contributed by atoms with Crippen molar-refractivity contribution in [1.29, 1.82) is 0 Å². The molecule has 196 valence electrons. The Morgan fingerprint density at radius 2 is 1.81 bits per heavy atom. The lowest BCUT2D eigenvalue weighted by Crippen LogP contribution is -2.49. The van der Waals surface area contributed by atoms with Crippen LogP contribution in [0.3, 0.4) is 0 Å². The number of nitrogens with one attached hydrogen (secondary N) is 1. The first-order valence-electron chi connectivity index (χ1n) is 11.7. The second-order valence-corrected chi connectivity index (χ2v) is 12.1. The number of hydrogen-bond donors (Lipinski definition) is 2. The molecule has 3 aliphatic rings. The molecule has 6 nitrogen and oxygen atoms in total. The number of aromatic nitrogens is 2. The van der Waals surface area contributed by atoms with Gasteiger partial charge in [0.1, 0.15) is 16.4 Å². The number of anilines is 2. The SMILES string of the molecule is O=[S@@]1CC(F)(F)c2nc(N3CCC(c4ccc(SC(F)(F)F)cc4)CC3)nc(NC3(CO)CCC3)c21. The molecular formula is C23H25F5N4O2S2. The Morgan fingerprint density at radius 1 is 1.14 bits per heavy atom. The third-order valence-corrected chi connectivity index (χ3v) is 9.31. The molecule has 2 aromatic rings. The highest BCUT2D eigenvalue weighted by Crippen LogP contribution is 2.45. The van der Waals surface area contributed by atoms with Crippen LogP contribution in [-0.2, 0) is 16.7 Å². The van der Waals surface area contributed by atoms with Gasteiger partial charge in [-0.1, -0.05) is 12.1 Å². The molecule has 1 aromatic carbocycles. The molecular weight excluding hydrogens is 523 g/mol. The topological polar surface area (TPSA) is 78.4 Å². The normalized spacial score (nSPS) is 23.3. The summed E-state index contributed by atoms with van der Waals surface area (Å²) in [6.07, 6.45) is 3.50. The molecule has 1 saturated heterocycles. The van der Waals surface area contributed by atoms with Crippen molar-refractivity contribution >= 4 is 34.3 Å². The zero-order chi connectivity index (χ0) is 25.7. The van der Waals surface area contributed by atoms with Gasteiger partial charge in [-0.05, 0) is 67.5 Å². The van der Waals surface area contributed by atoms with E-state index >= 15 is 0 Å². The predicted octanol–water partition coefficient (Wildman–Crippen LogP) is 5.01. The predicted molar refractivity (Wildman–Crippen MR) is 127 cm³/mol. The molecule has 2 N–H and O–H groups in total. The fourth-order valence-electron chi connectivity index (χ4n) is 4.97. The lowest BCUT2D eigenvalue weighted by Gasteiger charge is -2.42. The Hall–Kier alpha value is -1.99. The maximum atomic E-state index is 14.7. The van der Waals surface area contributed by atoms with Gasteiger partial charge in [0, 0.05) is 18.0 Å². The fraction of sp³-hybridized carbons (Fsp3) is 0.565. The van der Waals surface area contributed by atoms with E-state index < -0.39 is 39.2 Å². The number of rotatable bonds is 6. The van der Waals surface area contributed by atoms with Crippen LogP contribution in [0.15, 0.2) is 34.1 Å². The fourth-order valence-corrected chi connectivity index (χ4v) is 6.84. The van der Waals surface area contributed by atoms with Crippen LogP contribution in [0.4, 0.5) is 33.7 Å². The van der Waals surface area contributed by atoms with Crippen LogP contribution in [0.25, 0.3) is 0 Å². The highest BCUT2D eigenvalue weighted by Gasteiger charge is 2.49. The third kappa shape index (κ3) is 5.06. The zero-order valence-corrected chi connectivity index (χ0v) is 20.8. The van der Waals surface area contributed by atoms with E-state index in [0.717, 1.165) is 12.0 Å². The van der Waals surface area contributed by atoms with Crippen LogP contribution in [-0.4, -0.2) is 55.8 Å². The average Bonchev–Trinajstić information content (AvgIpc) is 3.04. The Morgan fingerprint density at radius 3 is 2.36 bits per heavy atom. The Balaban J connectivity index is 1.35. The van der Waals surface area contributed by atoms with E-state index in [4.69, 9.17) is 0 Å². The molecule has 2 aliphatic heterocycles. The summed E-state index contributed by atoms with van der Waals surface area (Å²) < 4.78 is 79.7. The van der Waals surface area contributed by atoms with E-state index in [1.165, 1.54) is 12.1 Å². The molecule has 1 atom stereocenters. The molecule has 1 saturated carbocycles. The van der Waals surface area contributed by atoms with Gasteiger partial charge in [0.25, 0.3) is 0 Å². The van der Waals surface area contributed by atoms with Gasteiger partial charge in [-0.3, -0.25) is 4.21 Å². The molecule has 3 heterocycles. The van der Waals surface area contributed by atoms with Crippen molar-refractivity contribution in [1.82, 2.24) is 9.97 Å². The van der Waals surface area contributed by atoms with Crippen LogP contribution in [0.1, 0.15) is 49.3 Å². The van der Waals surface area contributed by atoms with E-state index in [0.29, 0.717) is 38.8 Å². The lowest BCUT2D eigenvalue weighted by atomic mass is 9.77. The number of benzene rings is 1. The van der Waals surface area contributed by atoms with Crippen molar-refractivity contribution in [3.8, 4) is 0 Å². The van der Waals surface area contributed by atoms with Gasteiger partial charge in [-0.25, -0.2) is 4.98 Å². The first-order chi connectivity index (χ1) is 17.0. The van der Waals surface area contributed by atoms with Gasteiger partial charge in [0.15, 0.2) is 0 Å². The van der Waals surface area contributed by atoms with E-state index in [1.54, 1.807) is 17.0 Å². The highest BCUT2D eigenvalue weighted by atomic mass is 32.2. The summed E-state index contributed by atoms with van der Waals surface area (Å²) in [5, 5.41) is 13.0. The first-order valence-corrected chi connectivity index (χ1v) is 13.8. The monoisotopic (exact) mass is 548 g/mol. The van der Waals surface area contributed by atoms with Gasteiger partial charge in [-0.2, -0.15) is 26.9 Å². The van der Waals surface area contributed by atoms with Crippen LogP contribution >= 0.6 is 11.8 Å². The summed E-state index contributed by atoms with van der Waals surface area (Å²) in [6.45, 7) is 0.763. The van der Waals surface area contributed by atoms with Crippen LogP contribution in [0.5, 0.6) is 0 Å². The van der Waals surface area contributed by atoms with Crippen LogP contribution in [0.2, 0.25) is 0 Å². The van der Waals surface area contributed by atoms with Gasteiger partial charge >= 0.3 is 11.4 Å². The van der Waals surface area contributed by atoms with Crippen molar-refractivity contribution in [2.24, 2.45) is 0 Å². The van der Waals surface area contributed by atoms with Crippen molar-refractivity contribution in [3.05, 3.63) is 35.5 Å². The van der Waals surface area contributed by atoms with Crippen molar-refractivity contribution in [3.63, 3.8) is 0 Å². The van der Waals surface area contributed by atoms with E-state index in [-0.39, 0.29) is 45.8 Å². The van der Waals surface area contributed by atoms with E-state index in [2.05, 4.69) is 15.3 Å². The number of piperidine rings is 1. The largest absolute Gasteiger partial charge is 0.446 e. The third-order valence-electron chi connectivity index (χ3n) is 7.10.